The van der Waals surface area contributed by atoms with Crippen molar-refractivity contribution in [2.45, 2.75) is 6.42 Å². The molecule has 0 aliphatic carbocycles. The van der Waals surface area contributed by atoms with E-state index in [1.165, 1.54) is 6.07 Å². The highest BCUT2D eigenvalue weighted by atomic mass is 16.4. The van der Waals surface area contributed by atoms with Crippen LogP contribution in [0.15, 0.2) is 30.3 Å². The predicted octanol–water partition coefficient (Wildman–Crippen LogP) is 1.02. The van der Waals surface area contributed by atoms with Crippen molar-refractivity contribution in [1.29, 1.82) is 0 Å². The zero-order valence-corrected chi connectivity index (χ0v) is 10.5. The van der Waals surface area contributed by atoms with Crippen molar-refractivity contribution >= 4 is 17.6 Å². The van der Waals surface area contributed by atoms with Crippen molar-refractivity contribution in [3.8, 4) is 11.3 Å². The molecule has 7 heteroatoms. The highest BCUT2D eigenvalue weighted by molar-refractivity contribution is 5.89. The second kappa shape index (κ2) is 4.69. The summed E-state index contributed by atoms with van der Waals surface area (Å²) in [5.41, 5.74) is 4.86. The van der Waals surface area contributed by atoms with Crippen LogP contribution in [0, 0.1) is 0 Å². The van der Waals surface area contributed by atoms with Crippen molar-refractivity contribution in [2.75, 3.05) is 11.6 Å². The van der Waals surface area contributed by atoms with Crippen molar-refractivity contribution in [1.82, 2.24) is 15.6 Å². The maximum atomic E-state index is 11.3. The second-order valence-corrected chi connectivity index (χ2v) is 4.43. The number of para-hydroxylation sites is 1. The molecular formula is C13H12N4O3. The first-order valence-electron chi connectivity index (χ1n) is 6.10. The summed E-state index contributed by atoms with van der Waals surface area (Å²) in [6.45, 7) is 0.575. The topological polar surface area (TPSA) is 98.3 Å². The molecule has 1 amide bonds. The van der Waals surface area contributed by atoms with E-state index in [1.54, 1.807) is 5.01 Å². The minimum Gasteiger partial charge on any atom is -0.477 e. The number of aromatic nitrogens is 2. The Kier molecular flexibility index (Phi) is 2.86. The average molecular weight is 272 g/mol. The highest BCUT2D eigenvalue weighted by Gasteiger charge is 2.22. The Morgan fingerprint density at radius 1 is 1.35 bits per heavy atom. The number of carbonyl (C=O) groups is 2. The van der Waals surface area contributed by atoms with E-state index < -0.39 is 5.97 Å². The van der Waals surface area contributed by atoms with Gasteiger partial charge in [0, 0.05) is 18.5 Å². The van der Waals surface area contributed by atoms with Crippen LogP contribution in [0.5, 0.6) is 0 Å². The smallest absolute Gasteiger partial charge is 0.353 e. The Hall–Kier alpha value is -2.83. The molecular weight excluding hydrogens is 260 g/mol. The number of amides is 1. The quantitative estimate of drug-likeness (QED) is 0.774. The fourth-order valence-corrected chi connectivity index (χ4v) is 2.15. The van der Waals surface area contributed by atoms with Gasteiger partial charge >= 0.3 is 5.97 Å². The molecule has 2 aromatic rings. The molecule has 0 radical (unpaired) electrons. The molecule has 1 aliphatic rings. The van der Waals surface area contributed by atoms with Crippen molar-refractivity contribution in [3.63, 3.8) is 0 Å². The normalized spacial score (nSPS) is 14.4. The zero-order chi connectivity index (χ0) is 14.1. The third-order valence-corrected chi connectivity index (χ3v) is 3.10. The van der Waals surface area contributed by atoms with E-state index in [0.29, 0.717) is 18.7 Å². The summed E-state index contributed by atoms with van der Waals surface area (Å²) in [6, 6.07) is 8.86. The number of carboxylic acid groups (broad SMARTS) is 1. The Bertz CT molecular complexity index is 680. The maximum Gasteiger partial charge on any atom is 0.353 e. The summed E-state index contributed by atoms with van der Waals surface area (Å²) in [5.74, 6) is -1.09. The third-order valence-electron chi connectivity index (χ3n) is 3.10. The molecule has 1 aromatic heterocycles. The summed E-state index contributed by atoms with van der Waals surface area (Å²) in [7, 11) is 0. The van der Waals surface area contributed by atoms with Crippen LogP contribution in [-0.2, 0) is 4.79 Å². The van der Waals surface area contributed by atoms with Gasteiger partial charge in [0.05, 0.1) is 11.4 Å². The number of carbonyl (C=O) groups excluding carboxylic acids is 1. The van der Waals surface area contributed by atoms with Gasteiger partial charge in [0.15, 0.2) is 0 Å². The number of nitrogens with zero attached hydrogens (tertiary/aromatic N) is 2. The van der Waals surface area contributed by atoms with E-state index in [4.69, 9.17) is 5.11 Å². The van der Waals surface area contributed by atoms with Crippen molar-refractivity contribution in [3.05, 3.63) is 36.0 Å². The summed E-state index contributed by atoms with van der Waals surface area (Å²) in [6.07, 6.45) is 0.440. The van der Waals surface area contributed by atoms with Crippen molar-refractivity contribution in [2.24, 2.45) is 0 Å². The second-order valence-electron chi connectivity index (χ2n) is 4.43. The SMILES string of the molecule is O=C1CCN(c2ccccc2-c2cc(C(=O)O)[nH]n2)N1. The number of rotatable bonds is 3. The Morgan fingerprint density at radius 2 is 2.15 bits per heavy atom. The lowest BCUT2D eigenvalue weighted by Gasteiger charge is -2.19. The molecule has 3 N–H and O–H groups in total. The van der Waals surface area contributed by atoms with Crippen LogP contribution in [0.3, 0.4) is 0 Å². The largest absolute Gasteiger partial charge is 0.477 e. The summed E-state index contributed by atoms with van der Waals surface area (Å²) >= 11 is 0. The van der Waals surface area contributed by atoms with E-state index in [-0.39, 0.29) is 11.6 Å². The molecule has 0 saturated carbocycles. The fraction of sp³-hybridized carbons (Fsp3) is 0.154. The van der Waals surface area contributed by atoms with E-state index >= 15 is 0 Å². The molecule has 102 valence electrons. The van der Waals surface area contributed by atoms with Gasteiger partial charge in [0.1, 0.15) is 5.69 Å². The van der Waals surface area contributed by atoms with Crippen molar-refractivity contribution < 1.29 is 14.7 Å². The van der Waals surface area contributed by atoms with Gasteiger partial charge in [-0.15, -0.1) is 0 Å². The van der Waals surface area contributed by atoms with Crippen LogP contribution in [0.1, 0.15) is 16.9 Å². The maximum absolute atomic E-state index is 11.3. The molecule has 0 bridgehead atoms. The lowest BCUT2D eigenvalue weighted by atomic mass is 10.1. The Labute approximate surface area is 114 Å². The van der Waals surface area contributed by atoms with Gasteiger partial charge in [-0.2, -0.15) is 5.10 Å². The first kappa shape index (κ1) is 12.2. The first-order chi connectivity index (χ1) is 9.65. The first-order valence-corrected chi connectivity index (χ1v) is 6.10. The Balaban J connectivity index is 2.00. The zero-order valence-electron chi connectivity index (χ0n) is 10.5. The van der Waals surface area contributed by atoms with Crippen LogP contribution in [0.4, 0.5) is 5.69 Å². The summed E-state index contributed by atoms with van der Waals surface area (Å²) in [4.78, 5) is 22.2. The van der Waals surface area contributed by atoms with E-state index in [9.17, 15) is 9.59 Å². The molecule has 1 saturated heterocycles. The van der Waals surface area contributed by atoms with E-state index in [2.05, 4.69) is 15.6 Å². The molecule has 0 spiro atoms. The molecule has 7 nitrogen and oxygen atoms in total. The number of aromatic amines is 1. The predicted molar refractivity (Wildman–Crippen MR) is 71.1 cm³/mol. The summed E-state index contributed by atoms with van der Waals surface area (Å²) < 4.78 is 0. The van der Waals surface area contributed by atoms with Gasteiger partial charge in [-0.25, -0.2) is 4.79 Å². The van der Waals surface area contributed by atoms with Gasteiger partial charge in [-0.3, -0.25) is 20.3 Å². The van der Waals surface area contributed by atoms with E-state index in [0.717, 1.165) is 11.3 Å². The number of hydrogen-bond acceptors (Lipinski definition) is 4. The third kappa shape index (κ3) is 2.09. The number of hydrazine groups is 1. The minimum absolute atomic E-state index is 0.0280. The van der Waals surface area contributed by atoms with Crippen LogP contribution in [-0.4, -0.2) is 33.7 Å². The number of nitrogens with one attached hydrogen (secondary N) is 2. The number of hydrogen-bond donors (Lipinski definition) is 3. The van der Waals surface area contributed by atoms with E-state index in [1.807, 2.05) is 24.3 Å². The minimum atomic E-state index is -1.06. The van der Waals surface area contributed by atoms with Crippen LogP contribution in [0.25, 0.3) is 11.3 Å². The molecule has 20 heavy (non-hydrogen) atoms. The lowest BCUT2D eigenvalue weighted by Crippen LogP contribution is -2.33. The fourth-order valence-electron chi connectivity index (χ4n) is 2.15. The lowest BCUT2D eigenvalue weighted by molar-refractivity contribution is -0.119. The van der Waals surface area contributed by atoms with Crippen LogP contribution >= 0.6 is 0 Å². The molecule has 0 atom stereocenters. The average Bonchev–Trinajstić information content (AvgIpc) is 3.07. The molecule has 3 rings (SSSR count). The number of anilines is 1. The summed E-state index contributed by atoms with van der Waals surface area (Å²) in [5, 5.41) is 17.2. The van der Waals surface area contributed by atoms with Gasteiger partial charge in [-0.05, 0) is 12.1 Å². The monoisotopic (exact) mass is 272 g/mol. The molecule has 1 aromatic carbocycles. The Morgan fingerprint density at radius 3 is 2.80 bits per heavy atom. The number of benzene rings is 1. The van der Waals surface area contributed by atoms with Gasteiger partial charge in [0.2, 0.25) is 5.91 Å². The molecule has 0 unspecified atom stereocenters. The number of aromatic carboxylic acids is 1. The highest BCUT2D eigenvalue weighted by Crippen LogP contribution is 2.30. The molecule has 1 fully saturated rings. The van der Waals surface area contributed by atoms with Crippen LogP contribution in [0.2, 0.25) is 0 Å². The number of carboxylic acids is 1. The van der Waals surface area contributed by atoms with Gasteiger partial charge < -0.3 is 5.11 Å². The van der Waals surface area contributed by atoms with Crippen LogP contribution < -0.4 is 10.4 Å². The molecule has 2 heterocycles. The van der Waals surface area contributed by atoms with Gasteiger partial charge in [0.25, 0.3) is 0 Å². The number of H-pyrrole nitrogens is 1. The molecule has 1 aliphatic heterocycles. The standard InChI is InChI=1S/C13H12N4O3/c18-12-5-6-17(16-12)11-4-2-1-3-8(11)9-7-10(13(19)20)15-14-9/h1-4,7H,5-6H2,(H,14,15)(H,16,18)(H,19,20). The van der Waals surface area contributed by atoms with Gasteiger partial charge in [-0.1, -0.05) is 18.2 Å².